The van der Waals surface area contributed by atoms with Crippen LogP contribution in [0.25, 0.3) is 10.8 Å². The van der Waals surface area contributed by atoms with E-state index in [1.807, 2.05) is 42.5 Å². The summed E-state index contributed by atoms with van der Waals surface area (Å²) < 4.78 is 6.08. The summed E-state index contributed by atoms with van der Waals surface area (Å²) >= 11 is 6.04. The highest BCUT2D eigenvalue weighted by molar-refractivity contribution is 6.30. The molecule has 0 unspecified atom stereocenters. The van der Waals surface area contributed by atoms with Gasteiger partial charge in [-0.25, -0.2) is 0 Å². The molecule has 3 nitrogen and oxygen atoms in total. The van der Waals surface area contributed by atoms with E-state index in [0.717, 1.165) is 22.3 Å². The zero-order valence-electron chi connectivity index (χ0n) is 14.2. The predicted octanol–water partition coefficient (Wildman–Crippen LogP) is 4.54. The zero-order chi connectivity index (χ0) is 17.6. The highest BCUT2D eigenvalue weighted by Gasteiger charge is 2.10. The quantitative estimate of drug-likeness (QED) is 0.653. The average Bonchev–Trinajstić information content (AvgIpc) is 2.60. The molecule has 0 spiro atoms. The Hall–Kier alpha value is -2.07. The molecule has 3 rings (SSSR count). The summed E-state index contributed by atoms with van der Waals surface area (Å²) in [6, 6.07) is 20.0. The third-order valence-electron chi connectivity index (χ3n) is 4.02. The first kappa shape index (κ1) is 17.7. The fourth-order valence-corrected chi connectivity index (χ4v) is 3.04. The topological polar surface area (TPSA) is 41.5 Å². The van der Waals surface area contributed by atoms with E-state index in [1.165, 1.54) is 5.39 Å². The van der Waals surface area contributed by atoms with Crippen molar-refractivity contribution in [3.63, 3.8) is 0 Å². The molecular weight excluding hydrogens is 334 g/mol. The number of fused-ring (bicyclic) bond motifs is 1. The SMILES string of the molecule is C[C@@H](O)CNCc1c(OCc2cccc(Cl)c2)ccc2ccccc12. The third-order valence-corrected chi connectivity index (χ3v) is 4.26. The van der Waals surface area contributed by atoms with Gasteiger partial charge in [0.1, 0.15) is 12.4 Å². The largest absolute Gasteiger partial charge is 0.489 e. The van der Waals surface area contributed by atoms with Crippen LogP contribution in [-0.2, 0) is 13.2 Å². The molecule has 0 aliphatic rings. The Morgan fingerprint density at radius 3 is 2.72 bits per heavy atom. The van der Waals surface area contributed by atoms with Crippen LogP contribution in [0.1, 0.15) is 18.1 Å². The van der Waals surface area contributed by atoms with Gasteiger partial charge in [-0.15, -0.1) is 0 Å². The average molecular weight is 356 g/mol. The molecule has 0 fully saturated rings. The zero-order valence-corrected chi connectivity index (χ0v) is 15.0. The normalized spacial score (nSPS) is 12.3. The minimum atomic E-state index is -0.384. The molecule has 0 radical (unpaired) electrons. The first-order chi connectivity index (χ1) is 12.1. The second-order valence-corrected chi connectivity index (χ2v) is 6.60. The van der Waals surface area contributed by atoms with Crippen LogP contribution < -0.4 is 10.1 Å². The number of rotatable bonds is 7. The van der Waals surface area contributed by atoms with Crippen molar-refractivity contribution >= 4 is 22.4 Å². The molecule has 25 heavy (non-hydrogen) atoms. The van der Waals surface area contributed by atoms with E-state index in [1.54, 1.807) is 6.92 Å². The molecule has 0 amide bonds. The monoisotopic (exact) mass is 355 g/mol. The molecule has 2 N–H and O–H groups in total. The standard InChI is InChI=1S/C21H22ClNO2/c1-15(24)12-23-13-20-19-8-3-2-6-17(19)9-10-21(20)25-14-16-5-4-7-18(22)11-16/h2-11,15,23-24H,12-14H2,1H3/t15-/m1/s1. The summed E-state index contributed by atoms with van der Waals surface area (Å²) in [7, 11) is 0. The van der Waals surface area contributed by atoms with Gasteiger partial charge < -0.3 is 15.2 Å². The van der Waals surface area contributed by atoms with Gasteiger partial charge in [-0.05, 0) is 41.5 Å². The molecule has 0 aliphatic heterocycles. The maximum Gasteiger partial charge on any atom is 0.124 e. The molecule has 0 heterocycles. The van der Waals surface area contributed by atoms with E-state index in [9.17, 15) is 5.11 Å². The molecular formula is C21H22ClNO2. The van der Waals surface area contributed by atoms with E-state index >= 15 is 0 Å². The minimum Gasteiger partial charge on any atom is -0.489 e. The lowest BCUT2D eigenvalue weighted by molar-refractivity contribution is 0.190. The van der Waals surface area contributed by atoms with Crippen LogP contribution in [0, 0.1) is 0 Å². The van der Waals surface area contributed by atoms with Gasteiger partial charge in [-0.2, -0.15) is 0 Å². The maximum atomic E-state index is 9.48. The molecule has 4 heteroatoms. The van der Waals surface area contributed by atoms with Crippen molar-refractivity contribution in [1.29, 1.82) is 0 Å². The van der Waals surface area contributed by atoms with Crippen molar-refractivity contribution in [3.8, 4) is 5.75 Å². The Balaban J connectivity index is 1.85. The molecule has 0 saturated carbocycles. The fourth-order valence-electron chi connectivity index (χ4n) is 2.83. The van der Waals surface area contributed by atoms with Gasteiger partial charge in [0.15, 0.2) is 0 Å². The Bertz CT molecular complexity index is 848. The Morgan fingerprint density at radius 1 is 1.08 bits per heavy atom. The van der Waals surface area contributed by atoms with Gasteiger partial charge in [0.25, 0.3) is 0 Å². The predicted molar refractivity (Wildman–Crippen MR) is 103 cm³/mol. The van der Waals surface area contributed by atoms with Crippen LogP contribution in [0.4, 0.5) is 0 Å². The maximum absolute atomic E-state index is 9.48. The van der Waals surface area contributed by atoms with Crippen molar-refractivity contribution in [3.05, 3.63) is 76.8 Å². The Labute approximate surface area is 153 Å². The Morgan fingerprint density at radius 2 is 1.92 bits per heavy atom. The molecule has 0 saturated heterocycles. The first-order valence-corrected chi connectivity index (χ1v) is 8.78. The van der Waals surface area contributed by atoms with Crippen molar-refractivity contribution < 1.29 is 9.84 Å². The summed E-state index contributed by atoms with van der Waals surface area (Å²) in [5, 5.41) is 15.8. The van der Waals surface area contributed by atoms with Crippen LogP contribution in [0.15, 0.2) is 60.7 Å². The van der Waals surface area contributed by atoms with Crippen molar-refractivity contribution in [1.82, 2.24) is 5.32 Å². The number of hydrogen-bond acceptors (Lipinski definition) is 3. The highest BCUT2D eigenvalue weighted by atomic mass is 35.5. The van der Waals surface area contributed by atoms with Crippen LogP contribution in [0.2, 0.25) is 5.02 Å². The number of aliphatic hydroxyl groups excluding tert-OH is 1. The molecule has 130 valence electrons. The highest BCUT2D eigenvalue weighted by Crippen LogP contribution is 2.29. The lowest BCUT2D eigenvalue weighted by Crippen LogP contribution is -2.24. The van der Waals surface area contributed by atoms with Gasteiger partial charge >= 0.3 is 0 Å². The van der Waals surface area contributed by atoms with E-state index in [-0.39, 0.29) is 6.10 Å². The summed E-state index contributed by atoms with van der Waals surface area (Å²) in [4.78, 5) is 0. The second kappa shape index (κ2) is 8.34. The number of benzene rings is 3. The second-order valence-electron chi connectivity index (χ2n) is 6.16. The summed E-state index contributed by atoms with van der Waals surface area (Å²) in [6.45, 7) is 3.41. The fraction of sp³-hybridized carbons (Fsp3) is 0.238. The summed E-state index contributed by atoms with van der Waals surface area (Å²) in [5.74, 6) is 0.844. The van der Waals surface area contributed by atoms with Crippen LogP contribution in [0.5, 0.6) is 5.75 Å². The molecule has 0 aliphatic carbocycles. The summed E-state index contributed by atoms with van der Waals surface area (Å²) in [6.07, 6.45) is -0.384. The molecule has 0 bridgehead atoms. The van der Waals surface area contributed by atoms with Gasteiger partial charge in [-0.3, -0.25) is 0 Å². The van der Waals surface area contributed by atoms with Gasteiger partial charge in [0, 0.05) is 23.7 Å². The van der Waals surface area contributed by atoms with Crippen LogP contribution in [-0.4, -0.2) is 17.8 Å². The van der Waals surface area contributed by atoms with Gasteiger partial charge in [-0.1, -0.05) is 54.1 Å². The van der Waals surface area contributed by atoms with E-state index < -0.39 is 0 Å². The molecule has 0 aromatic heterocycles. The lowest BCUT2D eigenvalue weighted by atomic mass is 10.0. The number of aliphatic hydroxyl groups is 1. The van der Waals surface area contributed by atoms with Gasteiger partial charge in [0.05, 0.1) is 6.10 Å². The lowest BCUT2D eigenvalue weighted by Gasteiger charge is -2.16. The van der Waals surface area contributed by atoms with Crippen LogP contribution in [0.3, 0.4) is 0 Å². The summed E-state index contributed by atoms with van der Waals surface area (Å²) in [5.41, 5.74) is 2.13. The number of nitrogens with one attached hydrogen (secondary N) is 1. The van der Waals surface area contributed by atoms with Crippen LogP contribution >= 0.6 is 11.6 Å². The number of ether oxygens (including phenoxy) is 1. The third kappa shape index (κ3) is 4.73. The first-order valence-electron chi connectivity index (χ1n) is 8.40. The van der Waals surface area contributed by atoms with Crippen molar-refractivity contribution in [2.24, 2.45) is 0 Å². The number of hydrogen-bond donors (Lipinski definition) is 2. The molecule has 3 aromatic carbocycles. The van der Waals surface area contributed by atoms with Crippen molar-refractivity contribution in [2.45, 2.75) is 26.2 Å². The molecule has 1 atom stereocenters. The number of halogens is 1. The Kier molecular flexibility index (Phi) is 5.92. The van der Waals surface area contributed by atoms with E-state index in [4.69, 9.17) is 16.3 Å². The van der Waals surface area contributed by atoms with E-state index in [0.29, 0.717) is 24.7 Å². The molecule has 3 aromatic rings. The smallest absolute Gasteiger partial charge is 0.124 e. The van der Waals surface area contributed by atoms with Crippen molar-refractivity contribution in [2.75, 3.05) is 6.54 Å². The van der Waals surface area contributed by atoms with E-state index in [2.05, 4.69) is 23.5 Å². The van der Waals surface area contributed by atoms with Gasteiger partial charge in [0.2, 0.25) is 0 Å². The minimum absolute atomic E-state index is 0.384.